The van der Waals surface area contributed by atoms with Crippen LogP contribution in [0.25, 0.3) is 0 Å². The largest absolute Gasteiger partial charge is 0.483 e. The van der Waals surface area contributed by atoms with E-state index in [1.165, 1.54) is 18.2 Å². The number of hydrogen-bond acceptors (Lipinski definition) is 7. The number of hydrogen-bond donors (Lipinski definition) is 2. The van der Waals surface area contributed by atoms with Crippen molar-refractivity contribution in [3.8, 4) is 5.75 Å². The predicted molar refractivity (Wildman–Crippen MR) is 114 cm³/mol. The monoisotopic (exact) mass is 444 g/mol. The van der Waals surface area contributed by atoms with Crippen LogP contribution in [0.2, 0.25) is 0 Å². The van der Waals surface area contributed by atoms with Crippen LogP contribution in [-0.2, 0) is 14.4 Å². The smallest absolute Gasteiger partial charge is 0.266 e. The van der Waals surface area contributed by atoms with Crippen LogP contribution < -0.4 is 16.2 Å². The number of primary amides is 1. The minimum atomic E-state index is -1.05. The third kappa shape index (κ3) is 4.80. The third-order valence-electron chi connectivity index (χ3n) is 5.66. The lowest BCUT2D eigenvalue weighted by Crippen LogP contribution is -2.56. The molecule has 2 aliphatic heterocycles. The Balaban J connectivity index is 1.72. The van der Waals surface area contributed by atoms with E-state index in [4.69, 9.17) is 16.2 Å². The van der Waals surface area contributed by atoms with Gasteiger partial charge in [-0.3, -0.25) is 33.8 Å². The summed E-state index contributed by atoms with van der Waals surface area (Å²) in [5, 5.41) is 0. The van der Waals surface area contributed by atoms with Crippen LogP contribution in [0, 0.1) is 0 Å². The lowest BCUT2D eigenvalue weighted by atomic mass is 10.0. The molecule has 5 amide bonds. The molecule has 1 atom stereocenters. The van der Waals surface area contributed by atoms with Crippen LogP contribution in [-0.4, -0.2) is 65.1 Å². The van der Waals surface area contributed by atoms with Gasteiger partial charge in [-0.2, -0.15) is 0 Å². The first-order valence-corrected chi connectivity index (χ1v) is 10.8. The number of ether oxygens (including phenoxy) is 1. The van der Waals surface area contributed by atoms with Gasteiger partial charge in [0.15, 0.2) is 6.61 Å². The molecule has 0 spiro atoms. The average molecular weight is 444 g/mol. The van der Waals surface area contributed by atoms with Crippen LogP contribution in [0.5, 0.6) is 5.75 Å². The van der Waals surface area contributed by atoms with Gasteiger partial charge in [0.25, 0.3) is 23.6 Å². The highest BCUT2D eigenvalue weighted by Gasteiger charge is 2.47. The van der Waals surface area contributed by atoms with Gasteiger partial charge < -0.3 is 16.2 Å². The number of rotatable bonds is 11. The second-order valence-corrected chi connectivity index (χ2v) is 7.91. The lowest BCUT2D eigenvalue weighted by molar-refractivity contribution is -0.151. The summed E-state index contributed by atoms with van der Waals surface area (Å²) in [7, 11) is 0. The van der Waals surface area contributed by atoms with Gasteiger partial charge in [-0.25, -0.2) is 0 Å². The third-order valence-corrected chi connectivity index (χ3v) is 5.66. The summed E-state index contributed by atoms with van der Waals surface area (Å²) in [5.74, 6) is -2.82. The van der Waals surface area contributed by atoms with Crippen molar-refractivity contribution in [1.82, 2.24) is 9.80 Å². The first-order valence-electron chi connectivity index (χ1n) is 10.8. The van der Waals surface area contributed by atoms with Crippen molar-refractivity contribution in [1.29, 1.82) is 0 Å². The maximum absolute atomic E-state index is 13.1. The molecule has 0 aliphatic carbocycles. The molecule has 2 aliphatic rings. The topological polar surface area (TPSA) is 153 Å². The van der Waals surface area contributed by atoms with Crippen LogP contribution in [0.15, 0.2) is 18.2 Å². The summed E-state index contributed by atoms with van der Waals surface area (Å²) in [6.45, 7) is 0.446. The van der Waals surface area contributed by atoms with Gasteiger partial charge in [0.05, 0.1) is 11.1 Å². The maximum atomic E-state index is 13.1. The predicted octanol–water partition coefficient (Wildman–Crippen LogP) is 0.574. The number of piperidine rings is 1. The van der Waals surface area contributed by atoms with Crippen LogP contribution in [0.1, 0.15) is 65.7 Å². The molecule has 1 fully saturated rings. The van der Waals surface area contributed by atoms with Crippen molar-refractivity contribution < 1.29 is 28.7 Å². The van der Waals surface area contributed by atoms with Crippen molar-refractivity contribution in [3.63, 3.8) is 0 Å². The summed E-state index contributed by atoms with van der Waals surface area (Å²) >= 11 is 0. The lowest BCUT2D eigenvalue weighted by Gasteiger charge is -2.34. The van der Waals surface area contributed by atoms with Crippen molar-refractivity contribution >= 4 is 29.5 Å². The molecule has 2 heterocycles. The Kier molecular flexibility index (Phi) is 7.57. The minimum Gasteiger partial charge on any atom is -0.483 e. The summed E-state index contributed by atoms with van der Waals surface area (Å²) in [4.78, 5) is 64.6. The number of unbranched alkanes of at least 4 members (excludes halogenated alkanes) is 4. The Bertz CT molecular complexity index is 931. The van der Waals surface area contributed by atoms with E-state index in [1.807, 2.05) is 0 Å². The Labute approximate surface area is 185 Å². The summed E-state index contributed by atoms with van der Waals surface area (Å²) in [5.41, 5.74) is 10.7. The zero-order valence-electron chi connectivity index (χ0n) is 17.9. The molecule has 1 unspecified atom stereocenters. The fourth-order valence-electron chi connectivity index (χ4n) is 4.07. The number of amides is 5. The summed E-state index contributed by atoms with van der Waals surface area (Å²) in [6, 6.07) is 3.39. The van der Waals surface area contributed by atoms with E-state index in [0.717, 1.165) is 35.5 Å². The fourth-order valence-corrected chi connectivity index (χ4v) is 4.07. The maximum Gasteiger partial charge on any atom is 0.266 e. The molecule has 4 N–H and O–H groups in total. The van der Waals surface area contributed by atoms with Crippen LogP contribution in [0.3, 0.4) is 0 Å². The molecule has 0 saturated carbocycles. The standard InChI is InChI=1S/C22H28N4O6/c23-11-4-2-1-3-5-12-25-18(28)10-9-15(21(25)30)26-20(29)14-7-6-8-16(19(14)22(26)31)32-13-17(24)27/h6-8,15H,1-5,9-13,23H2,(H2,24,27). The van der Waals surface area contributed by atoms with Crippen molar-refractivity contribution in [2.75, 3.05) is 19.7 Å². The van der Waals surface area contributed by atoms with E-state index in [1.54, 1.807) is 0 Å². The van der Waals surface area contributed by atoms with E-state index < -0.39 is 36.3 Å². The quantitative estimate of drug-likeness (QED) is 0.374. The van der Waals surface area contributed by atoms with Crippen molar-refractivity contribution in [2.24, 2.45) is 11.5 Å². The highest BCUT2D eigenvalue weighted by Crippen LogP contribution is 2.34. The number of fused-ring (bicyclic) bond motifs is 1. The Morgan fingerprint density at radius 1 is 1.03 bits per heavy atom. The molecule has 3 rings (SSSR count). The molecule has 0 aromatic heterocycles. The summed E-state index contributed by atoms with van der Waals surface area (Å²) in [6.07, 6.45) is 4.56. The molecule has 1 aromatic rings. The molecule has 10 heteroatoms. The van der Waals surface area contributed by atoms with Crippen molar-refractivity contribution in [2.45, 2.75) is 51.0 Å². The molecule has 0 radical (unpaired) electrons. The number of likely N-dealkylation sites (tertiary alicyclic amines) is 1. The van der Waals surface area contributed by atoms with Gasteiger partial charge in [0, 0.05) is 13.0 Å². The second-order valence-electron chi connectivity index (χ2n) is 7.91. The number of nitrogens with two attached hydrogens (primary N) is 2. The average Bonchev–Trinajstić information content (AvgIpc) is 3.02. The first-order chi connectivity index (χ1) is 15.4. The number of nitrogens with zero attached hydrogens (tertiary/aromatic N) is 2. The summed E-state index contributed by atoms with van der Waals surface area (Å²) < 4.78 is 5.29. The molecular weight excluding hydrogens is 416 g/mol. The number of carbonyl (C=O) groups is 5. The molecular formula is C22H28N4O6. The van der Waals surface area contributed by atoms with Crippen molar-refractivity contribution in [3.05, 3.63) is 29.3 Å². The SMILES string of the molecule is NCCCCCCCN1C(=O)CCC(N2C(=O)c3cccc(OCC(N)=O)c3C2=O)C1=O. The van der Waals surface area contributed by atoms with E-state index in [2.05, 4.69) is 0 Å². The van der Waals surface area contributed by atoms with Gasteiger partial charge >= 0.3 is 0 Å². The van der Waals surface area contributed by atoms with Gasteiger partial charge in [-0.05, 0) is 37.9 Å². The van der Waals surface area contributed by atoms with Gasteiger partial charge in [0.1, 0.15) is 11.8 Å². The Hall–Kier alpha value is -3.27. The number of imide groups is 2. The fraction of sp³-hybridized carbons (Fsp3) is 0.500. The zero-order valence-corrected chi connectivity index (χ0v) is 17.9. The molecule has 0 bridgehead atoms. The normalized spacial score (nSPS) is 18.3. The van der Waals surface area contributed by atoms with Gasteiger partial charge in [0.2, 0.25) is 5.91 Å². The van der Waals surface area contributed by atoms with Crippen LogP contribution in [0.4, 0.5) is 0 Å². The number of benzene rings is 1. The van der Waals surface area contributed by atoms with E-state index in [-0.39, 0.29) is 42.2 Å². The van der Waals surface area contributed by atoms with E-state index in [9.17, 15) is 24.0 Å². The first kappa shape index (κ1) is 23.4. The minimum absolute atomic E-state index is 0.00472. The molecule has 10 nitrogen and oxygen atoms in total. The molecule has 1 aromatic carbocycles. The molecule has 32 heavy (non-hydrogen) atoms. The van der Waals surface area contributed by atoms with Gasteiger partial charge in [-0.1, -0.05) is 25.3 Å². The highest BCUT2D eigenvalue weighted by molar-refractivity contribution is 6.24. The van der Waals surface area contributed by atoms with Gasteiger partial charge in [-0.15, -0.1) is 0 Å². The molecule has 1 saturated heterocycles. The van der Waals surface area contributed by atoms with E-state index >= 15 is 0 Å². The van der Waals surface area contributed by atoms with Crippen LogP contribution >= 0.6 is 0 Å². The second kappa shape index (κ2) is 10.4. The number of carbonyl (C=O) groups excluding carboxylic acids is 5. The zero-order chi connectivity index (χ0) is 23.3. The Morgan fingerprint density at radius 2 is 1.75 bits per heavy atom. The molecule has 172 valence electrons. The van der Waals surface area contributed by atoms with E-state index in [0.29, 0.717) is 13.0 Å². The highest BCUT2D eigenvalue weighted by atomic mass is 16.5. The Morgan fingerprint density at radius 3 is 2.47 bits per heavy atom.